The number of hydrogen-bond donors (Lipinski definition) is 0. The van der Waals surface area contributed by atoms with Crippen molar-refractivity contribution in [3.8, 4) is 5.75 Å². The summed E-state index contributed by atoms with van der Waals surface area (Å²) in [5.41, 5.74) is 1.39. The van der Waals surface area contributed by atoms with E-state index >= 15 is 0 Å². The Balaban J connectivity index is 2.12. The van der Waals surface area contributed by atoms with E-state index < -0.39 is 0 Å². The van der Waals surface area contributed by atoms with E-state index in [0.29, 0.717) is 23.1 Å². The second-order valence-corrected chi connectivity index (χ2v) is 8.66. The molecule has 5 nitrogen and oxygen atoms in total. The summed E-state index contributed by atoms with van der Waals surface area (Å²) in [4.78, 5) is 17.5. The van der Waals surface area contributed by atoms with Gasteiger partial charge in [-0.25, -0.2) is 4.98 Å². The summed E-state index contributed by atoms with van der Waals surface area (Å²) in [7, 11) is 1.65. The van der Waals surface area contributed by atoms with Crippen molar-refractivity contribution in [3.05, 3.63) is 63.7 Å². The van der Waals surface area contributed by atoms with Crippen LogP contribution in [-0.4, -0.2) is 23.0 Å². The molecule has 0 aliphatic heterocycles. The second kappa shape index (κ2) is 8.34. The van der Waals surface area contributed by atoms with Gasteiger partial charge in [-0.2, -0.15) is 9.78 Å². The van der Waals surface area contributed by atoms with Gasteiger partial charge in [0.2, 0.25) is 0 Å². The van der Waals surface area contributed by atoms with Crippen LogP contribution < -0.4 is 10.3 Å². The Morgan fingerprint density at radius 2 is 1.96 bits per heavy atom. The van der Waals surface area contributed by atoms with Crippen molar-refractivity contribution in [2.45, 2.75) is 13.3 Å². The number of benzene rings is 2. The molecule has 0 N–H and O–H groups in total. The lowest BCUT2D eigenvalue weighted by Crippen LogP contribution is -2.22. The molecule has 134 valence electrons. The molecular formula is C18H14BrI2N3O2. The van der Waals surface area contributed by atoms with Crippen LogP contribution in [0.2, 0.25) is 0 Å². The van der Waals surface area contributed by atoms with Gasteiger partial charge < -0.3 is 4.74 Å². The lowest BCUT2D eigenvalue weighted by molar-refractivity contribution is 0.409. The third-order valence-electron chi connectivity index (χ3n) is 3.74. The molecule has 0 saturated carbocycles. The van der Waals surface area contributed by atoms with Gasteiger partial charge in [0.15, 0.2) is 0 Å². The number of ether oxygens (including phenoxy) is 1. The molecule has 0 aliphatic carbocycles. The topological polar surface area (TPSA) is 56.5 Å². The van der Waals surface area contributed by atoms with Gasteiger partial charge in [0, 0.05) is 10.9 Å². The van der Waals surface area contributed by atoms with Crippen LogP contribution in [0.4, 0.5) is 0 Å². The number of fused-ring (bicyclic) bond motifs is 1. The molecule has 0 fully saturated rings. The average Bonchev–Trinajstić information content (AvgIpc) is 2.61. The van der Waals surface area contributed by atoms with E-state index in [9.17, 15) is 4.79 Å². The van der Waals surface area contributed by atoms with E-state index in [2.05, 4.69) is 71.2 Å². The third-order valence-corrected chi connectivity index (χ3v) is 5.83. The van der Waals surface area contributed by atoms with Crippen LogP contribution >= 0.6 is 61.1 Å². The zero-order valence-electron chi connectivity index (χ0n) is 14.0. The first kappa shape index (κ1) is 19.7. The molecule has 1 heterocycles. The Hall–Kier alpha value is -1.01. The first-order valence-corrected chi connectivity index (χ1v) is 10.7. The summed E-state index contributed by atoms with van der Waals surface area (Å²) in [6, 6.07) is 9.42. The molecular weight excluding hydrogens is 624 g/mol. The highest BCUT2D eigenvalue weighted by Crippen LogP contribution is 2.28. The van der Waals surface area contributed by atoms with E-state index in [4.69, 9.17) is 4.74 Å². The molecule has 8 heteroatoms. The van der Waals surface area contributed by atoms with E-state index in [-0.39, 0.29) is 5.56 Å². The van der Waals surface area contributed by atoms with E-state index in [1.807, 2.05) is 31.2 Å². The van der Waals surface area contributed by atoms with Gasteiger partial charge in [0.05, 0.1) is 31.4 Å². The molecule has 26 heavy (non-hydrogen) atoms. The summed E-state index contributed by atoms with van der Waals surface area (Å²) in [6.45, 7) is 1.96. The third kappa shape index (κ3) is 3.96. The fourth-order valence-corrected chi connectivity index (χ4v) is 5.13. The van der Waals surface area contributed by atoms with Crippen molar-refractivity contribution >= 4 is 78.2 Å². The van der Waals surface area contributed by atoms with Crippen LogP contribution in [0, 0.1) is 7.14 Å². The van der Waals surface area contributed by atoms with Gasteiger partial charge in [-0.3, -0.25) is 4.79 Å². The van der Waals surface area contributed by atoms with Crippen molar-refractivity contribution < 1.29 is 4.74 Å². The minimum atomic E-state index is -0.178. The molecule has 3 rings (SSSR count). The van der Waals surface area contributed by atoms with Gasteiger partial charge in [0.25, 0.3) is 5.56 Å². The molecule has 1 aromatic heterocycles. The number of aryl methyl sites for hydroxylation is 1. The smallest absolute Gasteiger partial charge is 0.282 e. The molecule has 0 spiro atoms. The number of hydrogen-bond acceptors (Lipinski definition) is 4. The SMILES string of the molecule is CCc1nc2ccc(Br)cc2c(=O)n1N=Cc1cc(I)c(OC)c(I)c1. The Bertz CT molecular complexity index is 1060. The predicted octanol–water partition coefficient (Wildman–Crippen LogP) is 4.82. The second-order valence-electron chi connectivity index (χ2n) is 5.42. The first-order chi connectivity index (χ1) is 12.4. The van der Waals surface area contributed by atoms with Crippen LogP contribution in [0.25, 0.3) is 10.9 Å². The van der Waals surface area contributed by atoms with Crippen LogP contribution in [-0.2, 0) is 6.42 Å². The Morgan fingerprint density at radius 1 is 1.27 bits per heavy atom. The van der Waals surface area contributed by atoms with Crippen molar-refractivity contribution in [3.63, 3.8) is 0 Å². The largest absolute Gasteiger partial charge is 0.495 e. The van der Waals surface area contributed by atoms with Crippen LogP contribution in [0.1, 0.15) is 18.3 Å². The lowest BCUT2D eigenvalue weighted by Gasteiger charge is -2.09. The number of rotatable bonds is 4. The van der Waals surface area contributed by atoms with Crippen LogP contribution in [0.5, 0.6) is 5.75 Å². The van der Waals surface area contributed by atoms with Gasteiger partial charge in [-0.15, -0.1) is 0 Å². The van der Waals surface area contributed by atoms with Crippen molar-refractivity contribution in [2.75, 3.05) is 7.11 Å². The maximum atomic E-state index is 12.9. The standard InChI is InChI=1S/C18H14BrI2N3O2/c1-3-16-23-15-5-4-11(19)8-12(15)18(25)24(16)22-9-10-6-13(20)17(26-2)14(21)7-10/h4-9H,3H2,1-2H3. The van der Waals surface area contributed by atoms with Crippen molar-refractivity contribution in [1.29, 1.82) is 0 Å². The van der Waals surface area contributed by atoms with Crippen molar-refractivity contribution in [1.82, 2.24) is 9.66 Å². The minimum absolute atomic E-state index is 0.178. The number of halogens is 3. The Morgan fingerprint density at radius 3 is 2.58 bits per heavy atom. The Kier molecular flexibility index (Phi) is 6.33. The van der Waals surface area contributed by atoms with Crippen LogP contribution in [0.15, 0.2) is 44.7 Å². The molecule has 0 saturated heterocycles. The fourth-order valence-electron chi connectivity index (χ4n) is 2.52. The fraction of sp³-hybridized carbons (Fsp3) is 0.167. The number of methoxy groups -OCH3 is 1. The van der Waals surface area contributed by atoms with Crippen molar-refractivity contribution in [2.24, 2.45) is 5.10 Å². The van der Waals surface area contributed by atoms with E-state index in [0.717, 1.165) is 22.9 Å². The molecule has 0 amide bonds. The Labute approximate surface area is 186 Å². The monoisotopic (exact) mass is 637 g/mol. The highest BCUT2D eigenvalue weighted by molar-refractivity contribution is 14.1. The van der Waals surface area contributed by atoms with Gasteiger partial charge in [-0.05, 0) is 81.1 Å². The summed E-state index contributed by atoms with van der Waals surface area (Å²) in [6.07, 6.45) is 2.28. The normalized spacial score (nSPS) is 11.4. The maximum Gasteiger partial charge on any atom is 0.282 e. The zero-order chi connectivity index (χ0) is 18.8. The highest BCUT2D eigenvalue weighted by atomic mass is 127. The number of nitrogens with zero attached hydrogens (tertiary/aromatic N) is 3. The van der Waals surface area contributed by atoms with E-state index in [1.165, 1.54) is 4.68 Å². The molecule has 0 unspecified atom stereocenters. The summed E-state index contributed by atoms with van der Waals surface area (Å²) < 4.78 is 9.57. The molecule has 2 aromatic carbocycles. The summed E-state index contributed by atoms with van der Waals surface area (Å²) in [5.74, 6) is 1.46. The predicted molar refractivity (Wildman–Crippen MR) is 125 cm³/mol. The lowest BCUT2D eigenvalue weighted by atomic mass is 10.2. The molecule has 0 aliphatic rings. The quantitative estimate of drug-likeness (QED) is 0.305. The molecule has 0 radical (unpaired) electrons. The first-order valence-electron chi connectivity index (χ1n) is 7.73. The summed E-state index contributed by atoms with van der Waals surface area (Å²) in [5, 5.41) is 4.95. The molecule has 0 bridgehead atoms. The molecule has 3 aromatic rings. The number of aromatic nitrogens is 2. The molecule has 0 atom stereocenters. The van der Waals surface area contributed by atoms with Gasteiger partial charge in [0.1, 0.15) is 11.6 Å². The van der Waals surface area contributed by atoms with Crippen LogP contribution in [0.3, 0.4) is 0 Å². The summed E-state index contributed by atoms with van der Waals surface area (Å²) >= 11 is 7.85. The van der Waals surface area contributed by atoms with Gasteiger partial charge >= 0.3 is 0 Å². The minimum Gasteiger partial charge on any atom is -0.495 e. The highest BCUT2D eigenvalue weighted by Gasteiger charge is 2.10. The maximum absolute atomic E-state index is 12.9. The van der Waals surface area contributed by atoms with Gasteiger partial charge in [-0.1, -0.05) is 22.9 Å². The zero-order valence-corrected chi connectivity index (χ0v) is 19.9. The average molecular weight is 638 g/mol. The van der Waals surface area contributed by atoms with E-state index in [1.54, 1.807) is 19.4 Å².